The number of rotatable bonds is 19. The minimum Gasteiger partial charge on any atom is -0.491 e. The number of hydrogen-bond acceptors (Lipinski definition) is 12. The molecule has 3 rings (SSSR count). The van der Waals surface area contributed by atoms with Gasteiger partial charge in [0.2, 0.25) is 0 Å². The van der Waals surface area contributed by atoms with Gasteiger partial charge in [-0.05, 0) is 43.8 Å². The molecule has 0 fully saturated rings. The van der Waals surface area contributed by atoms with Crippen molar-refractivity contribution in [2.45, 2.75) is 19.9 Å². The number of nitro benzene ring substituents is 1. The number of hydrazine groups is 1. The van der Waals surface area contributed by atoms with Crippen LogP contribution in [0, 0.1) is 17.0 Å². The standard InChI is InChI=1S/C30H40N8O5/c1-22-26(21-32-3)29(33-13-8-16-42-17-18-43-25-9-6-5-7-10-25)35-30(34-14-15-39)28(22)37(4)36-27-12-11-24(38(40)41)19-23(27)20-31-2/h5-7,9-12,19-20,36,39H,3,8,13-18,21H2,1-2,4H3,(H2,33,34,35). The lowest BCUT2D eigenvalue weighted by Crippen LogP contribution is -2.29. The number of aliphatic imine (C=N–C) groups is 2. The summed E-state index contributed by atoms with van der Waals surface area (Å²) in [5, 5.41) is 29.2. The third-order valence-corrected chi connectivity index (χ3v) is 6.35. The van der Waals surface area contributed by atoms with E-state index in [0.29, 0.717) is 55.8 Å². The Labute approximate surface area is 251 Å². The van der Waals surface area contributed by atoms with Crippen molar-refractivity contribution in [3.8, 4) is 5.75 Å². The molecule has 0 atom stereocenters. The Morgan fingerprint density at radius 1 is 1.12 bits per heavy atom. The first-order valence-electron chi connectivity index (χ1n) is 13.9. The van der Waals surface area contributed by atoms with E-state index in [-0.39, 0.29) is 18.8 Å². The number of anilines is 4. The number of non-ortho nitro benzene ring substituents is 1. The molecule has 0 bridgehead atoms. The van der Waals surface area contributed by atoms with Crippen molar-refractivity contribution < 1.29 is 19.5 Å². The molecule has 0 spiro atoms. The Morgan fingerprint density at radius 2 is 1.88 bits per heavy atom. The predicted molar refractivity (Wildman–Crippen MR) is 172 cm³/mol. The van der Waals surface area contributed by atoms with Crippen LogP contribution in [0.3, 0.4) is 0 Å². The molecule has 3 aromatic rings. The fraction of sp³-hybridized carbons (Fsp3) is 0.367. The van der Waals surface area contributed by atoms with Gasteiger partial charge in [0.1, 0.15) is 23.9 Å². The van der Waals surface area contributed by atoms with Crippen molar-refractivity contribution in [1.82, 2.24) is 4.98 Å². The Balaban J connectivity index is 1.73. The summed E-state index contributed by atoms with van der Waals surface area (Å²) in [5.41, 5.74) is 6.91. The van der Waals surface area contributed by atoms with E-state index in [4.69, 9.17) is 14.5 Å². The average Bonchev–Trinajstić information content (AvgIpc) is 3.00. The number of hydrogen-bond donors (Lipinski definition) is 4. The highest BCUT2D eigenvalue weighted by Gasteiger charge is 2.21. The van der Waals surface area contributed by atoms with Crippen LogP contribution in [-0.4, -0.2) is 81.6 Å². The van der Waals surface area contributed by atoms with Crippen LogP contribution >= 0.6 is 0 Å². The number of aromatic nitrogens is 1. The first-order valence-corrected chi connectivity index (χ1v) is 13.9. The number of pyridine rings is 1. The van der Waals surface area contributed by atoms with Crippen molar-refractivity contribution in [2.75, 3.05) is 74.7 Å². The van der Waals surface area contributed by atoms with Gasteiger partial charge in [0.15, 0.2) is 5.82 Å². The maximum absolute atomic E-state index is 11.3. The molecule has 13 heteroatoms. The molecule has 0 aliphatic heterocycles. The second-order valence-corrected chi connectivity index (χ2v) is 9.43. The molecule has 1 heterocycles. The molecule has 2 aromatic carbocycles. The van der Waals surface area contributed by atoms with Crippen LogP contribution in [-0.2, 0) is 11.3 Å². The van der Waals surface area contributed by atoms with E-state index in [0.717, 1.165) is 29.0 Å². The number of para-hydroxylation sites is 1. The number of ether oxygens (including phenoxy) is 2. The van der Waals surface area contributed by atoms with Crippen LogP contribution in [0.15, 0.2) is 58.5 Å². The van der Waals surface area contributed by atoms with Crippen molar-refractivity contribution >= 4 is 41.6 Å². The Kier molecular flexibility index (Phi) is 13.2. The van der Waals surface area contributed by atoms with Crippen molar-refractivity contribution in [3.05, 3.63) is 75.3 Å². The fourth-order valence-electron chi connectivity index (χ4n) is 4.36. The maximum atomic E-state index is 11.3. The maximum Gasteiger partial charge on any atom is 0.270 e. The van der Waals surface area contributed by atoms with Crippen molar-refractivity contribution in [1.29, 1.82) is 0 Å². The van der Waals surface area contributed by atoms with Gasteiger partial charge in [-0.3, -0.25) is 30.5 Å². The molecule has 0 saturated carbocycles. The van der Waals surface area contributed by atoms with Crippen LogP contribution in [0.1, 0.15) is 23.1 Å². The number of benzene rings is 2. The monoisotopic (exact) mass is 592 g/mol. The lowest BCUT2D eigenvalue weighted by atomic mass is 10.1. The summed E-state index contributed by atoms with van der Waals surface area (Å²) in [6, 6.07) is 14.1. The molecular formula is C30H40N8O5. The van der Waals surface area contributed by atoms with Gasteiger partial charge in [-0.15, -0.1) is 0 Å². The molecule has 4 N–H and O–H groups in total. The van der Waals surface area contributed by atoms with Gasteiger partial charge in [0, 0.05) is 63.3 Å². The van der Waals surface area contributed by atoms with E-state index >= 15 is 0 Å². The lowest BCUT2D eigenvalue weighted by molar-refractivity contribution is -0.384. The zero-order chi connectivity index (χ0) is 31.0. The van der Waals surface area contributed by atoms with Gasteiger partial charge >= 0.3 is 0 Å². The van der Waals surface area contributed by atoms with Crippen LogP contribution < -0.4 is 25.8 Å². The molecule has 0 amide bonds. The molecule has 230 valence electrons. The summed E-state index contributed by atoms with van der Waals surface area (Å²) in [5.74, 6) is 2.01. The Morgan fingerprint density at radius 3 is 2.58 bits per heavy atom. The molecule has 0 aliphatic carbocycles. The van der Waals surface area contributed by atoms with E-state index in [9.17, 15) is 15.2 Å². The highest BCUT2D eigenvalue weighted by Crippen LogP contribution is 2.35. The van der Waals surface area contributed by atoms with Crippen LogP contribution in [0.4, 0.5) is 28.7 Å². The molecule has 0 saturated heterocycles. The average molecular weight is 593 g/mol. The van der Waals surface area contributed by atoms with E-state index in [1.807, 2.05) is 44.3 Å². The normalized spacial score (nSPS) is 10.9. The number of aliphatic hydroxyl groups excluding tert-OH is 1. The zero-order valence-corrected chi connectivity index (χ0v) is 24.9. The first-order chi connectivity index (χ1) is 20.9. The lowest BCUT2D eigenvalue weighted by Gasteiger charge is -2.28. The Hall–Kier alpha value is -4.75. The highest BCUT2D eigenvalue weighted by atomic mass is 16.6. The van der Waals surface area contributed by atoms with Crippen LogP contribution in [0.5, 0.6) is 5.75 Å². The minimum absolute atomic E-state index is 0.0352. The summed E-state index contributed by atoms with van der Waals surface area (Å²) < 4.78 is 11.4. The van der Waals surface area contributed by atoms with Gasteiger partial charge in [-0.25, -0.2) is 4.98 Å². The van der Waals surface area contributed by atoms with E-state index in [1.165, 1.54) is 12.1 Å². The molecular weight excluding hydrogens is 552 g/mol. The third-order valence-electron chi connectivity index (χ3n) is 6.35. The SMILES string of the molecule is C=NCc1c(NCCCOCCOc2ccccc2)nc(NCCO)c(N(C)Nc2ccc([N+](=O)[O-])cc2C=NC)c1C. The van der Waals surface area contributed by atoms with Gasteiger partial charge in [0.05, 0.1) is 30.4 Å². The summed E-state index contributed by atoms with van der Waals surface area (Å²) in [6.45, 7) is 8.32. The minimum atomic E-state index is -0.446. The predicted octanol–water partition coefficient (Wildman–Crippen LogP) is 4.31. The summed E-state index contributed by atoms with van der Waals surface area (Å²) in [7, 11) is 3.42. The number of aliphatic hydroxyl groups is 1. The molecule has 0 unspecified atom stereocenters. The quantitative estimate of drug-likeness (QED) is 0.0684. The largest absolute Gasteiger partial charge is 0.491 e. The smallest absolute Gasteiger partial charge is 0.270 e. The van der Waals surface area contributed by atoms with Gasteiger partial charge in [0.25, 0.3) is 5.69 Å². The van der Waals surface area contributed by atoms with Gasteiger partial charge in [-0.2, -0.15) is 0 Å². The first kappa shape index (κ1) is 32.8. The summed E-state index contributed by atoms with van der Waals surface area (Å²) in [6.07, 6.45) is 2.30. The second-order valence-electron chi connectivity index (χ2n) is 9.43. The zero-order valence-electron chi connectivity index (χ0n) is 24.9. The molecule has 0 aliphatic rings. The third kappa shape index (κ3) is 9.65. The van der Waals surface area contributed by atoms with Crippen LogP contribution in [0.25, 0.3) is 0 Å². The number of nitro groups is 1. The number of nitrogens with one attached hydrogen (secondary N) is 3. The van der Waals surface area contributed by atoms with E-state index in [1.54, 1.807) is 24.3 Å². The molecule has 13 nitrogen and oxygen atoms in total. The van der Waals surface area contributed by atoms with Gasteiger partial charge < -0.3 is 25.2 Å². The van der Waals surface area contributed by atoms with E-state index in [2.05, 4.69) is 32.8 Å². The van der Waals surface area contributed by atoms with E-state index < -0.39 is 4.92 Å². The molecule has 0 radical (unpaired) electrons. The Bertz CT molecular complexity index is 1370. The number of nitrogens with zero attached hydrogens (tertiary/aromatic N) is 5. The highest BCUT2D eigenvalue weighted by molar-refractivity contribution is 5.89. The second kappa shape index (κ2) is 17.3. The fourth-order valence-corrected chi connectivity index (χ4v) is 4.36. The molecule has 43 heavy (non-hydrogen) atoms. The van der Waals surface area contributed by atoms with Gasteiger partial charge in [-0.1, -0.05) is 18.2 Å². The summed E-state index contributed by atoms with van der Waals surface area (Å²) in [4.78, 5) is 23.9. The van der Waals surface area contributed by atoms with Crippen molar-refractivity contribution in [2.24, 2.45) is 9.98 Å². The topological polar surface area (TPSA) is 159 Å². The van der Waals surface area contributed by atoms with Crippen LogP contribution in [0.2, 0.25) is 0 Å². The summed E-state index contributed by atoms with van der Waals surface area (Å²) >= 11 is 0. The van der Waals surface area contributed by atoms with Crippen molar-refractivity contribution in [3.63, 3.8) is 0 Å². The molecule has 1 aromatic heterocycles.